The zero-order chi connectivity index (χ0) is 14.8. The Labute approximate surface area is 128 Å². The molecule has 1 aromatic heterocycles. The van der Waals surface area contributed by atoms with Gasteiger partial charge in [-0.05, 0) is 30.9 Å². The number of carbonyl (C=O) groups excluding carboxylic acids is 1. The third-order valence-corrected chi connectivity index (χ3v) is 4.89. The van der Waals surface area contributed by atoms with Crippen LogP contribution in [0.4, 0.5) is 0 Å². The third-order valence-electron chi connectivity index (χ3n) is 3.78. The molecule has 1 aromatic carbocycles. The molecule has 0 bridgehead atoms. The van der Waals surface area contributed by atoms with Crippen LogP contribution in [-0.4, -0.2) is 43.2 Å². The highest BCUT2D eigenvalue weighted by molar-refractivity contribution is 7.20. The minimum Gasteiger partial charge on any atom is -0.375 e. The quantitative estimate of drug-likeness (QED) is 0.927. The molecule has 2 N–H and O–H groups in total. The lowest BCUT2D eigenvalue weighted by atomic mass is 10.2. The summed E-state index contributed by atoms with van der Waals surface area (Å²) in [4.78, 5) is 15.4. The van der Waals surface area contributed by atoms with Crippen molar-refractivity contribution in [2.75, 3.05) is 26.2 Å². The Balaban J connectivity index is 1.85. The Bertz CT molecular complexity index is 653. The van der Waals surface area contributed by atoms with E-state index >= 15 is 0 Å². The predicted molar refractivity (Wildman–Crippen MR) is 85.9 cm³/mol. The van der Waals surface area contributed by atoms with Crippen LogP contribution >= 0.6 is 11.3 Å². The van der Waals surface area contributed by atoms with Crippen molar-refractivity contribution in [1.82, 2.24) is 4.90 Å². The number of amides is 1. The molecule has 1 fully saturated rings. The maximum atomic E-state index is 12.7. The van der Waals surface area contributed by atoms with E-state index in [0.29, 0.717) is 19.7 Å². The lowest BCUT2D eigenvalue weighted by Gasteiger charge is -2.22. The number of hydrogen-bond acceptors (Lipinski definition) is 4. The second-order valence-electron chi connectivity index (χ2n) is 5.49. The molecule has 1 amide bonds. The van der Waals surface area contributed by atoms with Gasteiger partial charge in [0, 0.05) is 30.9 Å². The van der Waals surface area contributed by atoms with E-state index in [1.807, 2.05) is 11.0 Å². The molecule has 1 saturated heterocycles. The number of aryl methyl sites for hydroxylation is 1. The molecule has 4 nitrogen and oxygen atoms in total. The molecule has 1 atom stereocenters. The maximum absolute atomic E-state index is 12.7. The lowest BCUT2D eigenvalue weighted by molar-refractivity contribution is 0.0522. The Morgan fingerprint density at radius 1 is 1.48 bits per heavy atom. The van der Waals surface area contributed by atoms with E-state index in [1.54, 1.807) is 11.3 Å². The zero-order valence-electron chi connectivity index (χ0n) is 12.2. The third kappa shape index (κ3) is 3.10. The van der Waals surface area contributed by atoms with Crippen molar-refractivity contribution in [3.8, 4) is 0 Å². The highest BCUT2D eigenvalue weighted by Gasteiger charge is 2.23. The molecule has 2 aromatic rings. The van der Waals surface area contributed by atoms with E-state index in [9.17, 15) is 4.79 Å². The van der Waals surface area contributed by atoms with Gasteiger partial charge >= 0.3 is 0 Å². The summed E-state index contributed by atoms with van der Waals surface area (Å²) < 4.78 is 6.79. The fraction of sp³-hybridized carbons (Fsp3) is 0.438. The largest absolute Gasteiger partial charge is 0.375 e. The van der Waals surface area contributed by atoms with E-state index in [1.165, 1.54) is 5.56 Å². The van der Waals surface area contributed by atoms with Crippen LogP contribution in [0.1, 0.15) is 21.7 Å². The summed E-state index contributed by atoms with van der Waals surface area (Å²) in [6.45, 7) is 4.52. The smallest absolute Gasteiger partial charge is 0.264 e. The van der Waals surface area contributed by atoms with Crippen molar-refractivity contribution in [3.05, 3.63) is 34.7 Å². The molecule has 21 heavy (non-hydrogen) atoms. The van der Waals surface area contributed by atoms with Crippen LogP contribution < -0.4 is 5.73 Å². The maximum Gasteiger partial charge on any atom is 0.264 e. The standard InChI is InChI=1S/C16H20N2O2S/c1-11-3-4-14-12(7-11)8-15(21-14)16(19)18-5-2-6-20-13(9-17)10-18/h3-4,7-8,13H,2,5-6,9-10,17H2,1H3/t13-/m0/s1. The Hall–Kier alpha value is -1.43. The number of benzene rings is 1. The van der Waals surface area contributed by atoms with Crippen LogP contribution in [0.3, 0.4) is 0 Å². The van der Waals surface area contributed by atoms with Gasteiger partial charge in [-0.3, -0.25) is 4.79 Å². The Morgan fingerprint density at radius 2 is 2.33 bits per heavy atom. The van der Waals surface area contributed by atoms with Gasteiger partial charge in [0.15, 0.2) is 0 Å². The van der Waals surface area contributed by atoms with E-state index in [0.717, 1.165) is 27.9 Å². The summed E-state index contributed by atoms with van der Waals surface area (Å²) in [5.74, 6) is 0.0952. The number of nitrogens with two attached hydrogens (primary N) is 1. The lowest BCUT2D eigenvalue weighted by Crippen LogP contribution is -2.39. The first kappa shape index (κ1) is 14.5. The van der Waals surface area contributed by atoms with Gasteiger partial charge in [-0.2, -0.15) is 0 Å². The van der Waals surface area contributed by atoms with Crippen molar-refractivity contribution in [2.24, 2.45) is 5.73 Å². The van der Waals surface area contributed by atoms with Gasteiger partial charge in [0.25, 0.3) is 5.91 Å². The molecule has 1 aliphatic rings. The van der Waals surface area contributed by atoms with Crippen LogP contribution in [0, 0.1) is 6.92 Å². The zero-order valence-corrected chi connectivity index (χ0v) is 13.0. The fourth-order valence-corrected chi connectivity index (χ4v) is 3.66. The SMILES string of the molecule is Cc1ccc2sc(C(=O)N3CCCO[C@@H](CN)C3)cc2c1. The summed E-state index contributed by atoms with van der Waals surface area (Å²) in [7, 11) is 0. The summed E-state index contributed by atoms with van der Waals surface area (Å²) in [6.07, 6.45) is 0.819. The Kier molecular flexibility index (Phi) is 4.24. The molecular formula is C16H20N2O2S. The van der Waals surface area contributed by atoms with E-state index in [-0.39, 0.29) is 12.0 Å². The molecule has 3 rings (SSSR count). The number of rotatable bonds is 2. The number of fused-ring (bicyclic) bond motifs is 1. The van der Waals surface area contributed by atoms with E-state index in [4.69, 9.17) is 10.5 Å². The van der Waals surface area contributed by atoms with Crippen LogP contribution in [0.15, 0.2) is 24.3 Å². The van der Waals surface area contributed by atoms with Crippen LogP contribution in [-0.2, 0) is 4.74 Å². The Morgan fingerprint density at radius 3 is 3.14 bits per heavy atom. The minimum atomic E-state index is -0.0481. The van der Waals surface area contributed by atoms with Gasteiger partial charge in [-0.25, -0.2) is 0 Å². The average Bonchev–Trinajstić information content (AvgIpc) is 2.75. The normalized spacial score (nSPS) is 19.7. The summed E-state index contributed by atoms with van der Waals surface area (Å²) in [5, 5.41) is 1.14. The topological polar surface area (TPSA) is 55.6 Å². The second-order valence-corrected chi connectivity index (χ2v) is 6.57. The first-order valence-electron chi connectivity index (χ1n) is 7.28. The van der Waals surface area contributed by atoms with Crippen LogP contribution in [0.5, 0.6) is 0 Å². The van der Waals surface area contributed by atoms with E-state index < -0.39 is 0 Å². The summed E-state index contributed by atoms with van der Waals surface area (Å²) in [5.41, 5.74) is 6.90. The van der Waals surface area contributed by atoms with Crippen molar-refractivity contribution >= 4 is 27.3 Å². The molecule has 5 heteroatoms. The minimum absolute atomic E-state index is 0.0481. The molecule has 0 aliphatic carbocycles. The highest BCUT2D eigenvalue weighted by atomic mass is 32.1. The number of carbonyl (C=O) groups is 1. The van der Waals surface area contributed by atoms with Crippen LogP contribution in [0.2, 0.25) is 0 Å². The van der Waals surface area contributed by atoms with Crippen molar-refractivity contribution in [2.45, 2.75) is 19.4 Å². The molecule has 1 aliphatic heterocycles. The van der Waals surface area contributed by atoms with Gasteiger partial charge in [0.05, 0.1) is 11.0 Å². The highest BCUT2D eigenvalue weighted by Crippen LogP contribution is 2.27. The first-order valence-corrected chi connectivity index (χ1v) is 8.10. The predicted octanol–water partition coefficient (Wildman–Crippen LogP) is 2.40. The fourth-order valence-electron chi connectivity index (χ4n) is 2.65. The van der Waals surface area contributed by atoms with E-state index in [2.05, 4.69) is 25.1 Å². The molecule has 0 saturated carbocycles. The molecule has 2 heterocycles. The van der Waals surface area contributed by atoms with Gasteiger partial charge in [0.1, 0.15) is 0 Å². The van der Waals surface area contributed by atoms with Crippen molar-refractivity contribution in [1.29, 1.82) is 0 Å². The monoisotopic (exact) mass is 304 g/mol. The van der Waals surface area contributed by atoms with Gasteiger partial charge in [-0.15, -0.1) is 11.3 Å². The summed E-state index contributed by atoms with van der Waals surface area (Å²) >= 11 is 1.56. The molecule has 112 valence electrons. The number of nitrogens with zero attached hydrogens (tertiary/aromatic N) is 1. The van der Waals surface area contributed by atoms with Gasteiger partial charge in [-0.1, -0.05) is 17.7 Å². The first-order chi connectivity index (χ1) is 10.2. The number of hydrogen-bond donors (Lipinski definition) is 1. The molecular weight excluding hydrogens is 284 g/mol. The second kappa shape index (κ2) is 6.13. The van der Waals surface area contributed by atoms with Crippen molar-refractivity contribution < 1.29 is 9.53 Å². The molecule has 0 unspecified atom stereocenters. The number of thiophene rings is 1. The molecule has 0 radical (unpaired) electrons. The summed E-state index contributed by atoms with van der Waals surface area (Å²) in [6, 6.07) is 8.28. The van der Waals surface area contributed by atoms with Crippen LogP contribution in [0.25, 0.3) is 10.1 Å². The van der Waals surface area contributed by atoms with Crippen molar-refractivity contribution in [3.63, 3.8) is 0 Å². The molecule has 0 spiro atoms. The average molecular weight is 304 g/mol. The van der Waals surface area contributed by atoms with Gasteiger partial charge in [0.2, 0.25) is 0 Å². The number of ether oxygens (including phenoxy) is 1. The van der Waals surface area contributed by atoms with Gasteiger partial charge < -0.3 is 15.4 Å².